The first-order chi connectivity index (χ1) is 13.7. The van der Waals surface area contributed by atoms with Crippen molar-refractivity contribution in [2.75, 3.05) is 13.7 Å². The molecular weight excluding hydrogens is 356 g/mol. The van der Waals surface area contributed by atoms with Crippen molar-refractivity contribution in [3.05, 3.63) is 17.5 Å². The summed E-state index contributed by atoms with van der Waals surface area (Å²) in [6.45, 7) is 3.84. The number of hydrogen-bond donors (Lipinski definition) is 3. The van der Waals surface area contributed by atoms with Gasteiger partial charge in [0.15, 0.2) is 0 Å². The van der Waals surface area contributed by atoms with Crippen LogP contribution >= 0.6 is 0 Å². The molecule has 28 heavy (non-hydrogen) atoms. The zero-order chi connectivity index (χ0) is 19.8. The number of nitrogens with one attached hydrogen (secondary N) is 3. The molecule has 0 saturated heterocycles. The van der Waals surface area contributed by atoms with E-state index in [0.29, 0.717) is 25.2 Å². The summed E-state index contributed by atoms with van der Waals surface area (Å²) < 4.78 is 11.2. The molecule has 1 aromatic rings. The molecule has 0 aliphatic heterocycles. The molecule has 1 heterocycles. The van der Waals surface area contributed by atoms with Crippen molar-refractivity contribution in [3.8, 4) is 0 Å². The van der Waals surface area contributed by atoms with Crippen LogP contribution in [0.5, 0.6) is 0 Å². The van der Waals surface area contributed by atoms with Crippen LogP contribution in [0.2, 0.25) is 0 Å². The van der Waals surface area contributed by atoms with Crippen LogP contribution in [0.15, 0.2) is 6.07 Å². The molecule has 3 N–H and O–H groups in total. The number of aromatic amines is 1. The first kappa shape index (κ1) is 21.3. The van der Waals surface area contributed by atoms with Crippen LogP contribution < -0.4 is 10.6 Å². The van der Waals surface area contributed by atoms with Crippen LogP contribution in [0.4, 0.5) is 0 Å². The maximum Gasteiger partial charge on any atom is 0.223 e. The van der Waals surface area contributed by atoms with E-state index in [2.05, 4.69) is 27.8 Å². The topological polar surface area (TPSA) is 88.3 Å². The molecule has 7 heteroatoms. The Morgan fingerprint density at radius 2 is 2.11 bits per heavy atom. The van der Waals surface area contributed by atoms with Gasteiger partial charge in [-0.15, -0.1) is 0 Å². The summed E-state index contributed by atoms with van der Waals surface area (Å²) in [4.78, 5) is 12.7. The second kappa shape index (κ2) is 10.9. The Hall–Kier alpha value is -1.44. The predicted octanol–water partition coefficient (Wildman–Crippen LogP) is 2.67. The smallest absolute Gasteiger partial charge is 0.223 e. The monoisotopic (exact) mass is 392 g/mol. The summed E-state index contributed by atoms with van der Waals surface area (Å²) >= 11 is 0. The van der Waals surface area contributed by atoms with E-state index in [4.69, 9.17) is 9.47 Å². The molecule has 0 spiro atoms. The van der Waals surface area contributed by atoms with Gasteiger partial charge < -0.3 is 20.1 Å². The van der Waals surface area contributed by atoms with Crippen LogP contribution in [0, 0.1) is 5.92 Å². The fourth-order valence-corrected chi connectivity index (χ4v) is 4.45. The SMILES string of the molecule is CCCOC1CC(C(=O)NCc2cc(COC)n[nH]2)CCC1NC1CCCC1. The highest BCUT2D eigenvalue weighted by Crippen LogP contribution is 2.29. The van der Waals surface area contributed by atoms with Crippen LogP contribution in [-0.4, -0.2) is 48.0 Å². The highest BCUT2D eigenvalue weighted by atomic mass is 16.5. The normalized spacial score (nSPS) is 25.9. The lowest BCUT2D eigenvalue weighted by Crippen LogP contribution is -2.50. The first-order valence-corrected chi connectivity index (χ1v) is 10.9. The highest BCUT2D eigenvalue weighted by molar-refractivity contribution is 5.78. The summed E-state index contributed by atoms with van der Waals surface area (Å²) in [5.74, 6) is 0.136. The Kier molecular flexibility index (Phi) is 8.30. The van der Waals surface area contributed by atoms with Gasteiger partial charge in [0.25, 0.3) is 0 Å². The third-order valence-corrected chi connectivity index (χ3v) is 5.93. The summed E-state index contributed by atoms with van der Waals surface area (Å²) in [5, 5.41) is 14.0. The molecule has 158 valence electrons. The van der Waals surface area contributed by atoms with Gasteiger partial charge >= 0.3 is 0 Å². The maximum absolute atomic E-state index is 12.7. The Labute approximate surface area is 168 Å². The van der Waals surface area contributed by atoms with Gasteiger partial charge in [-0.1, -0.05) is 19.8 Å². The van der Waals surface area contributed by atoms with Gasteiger partial charge in [0.1, 0.15) is 0 Å². The van der Waals surface area contributed by atoms with Gasteiger partial charge in [-0.05, 0) is 44.6 Å². The van der Waals surface area contributed by atoms with Gasteiger partial charge in [-0.2, -0.15) is 5.10 Å². The standard InChI is InChI=1S/C21H36N4O3/c1-3-10-28-20-11-15(8-9-19(20)23-16-6-4-5-7-16)21(26)22-13-17-12-18(14-27-2)25-24-17/h12,15-16,19-20,23H,3-11,13-14H2,1-2H3,(H,22,26)(H,24,25). The minimum Gasteiger partial charge on any atom is -0.378 e. The molecule has 0 radical (unpaired) electrons. The van der Waals surface area contributed by atoms with Crippen molar-refractivity contribution < 1.29 is 14.3 Å². The van der Waals surface area contributed by atoms with Gasteiger partial charge in [-0.25, -0.2) is 0 Å². The van der Waals surface area contributed by atoms with Crippen molar-refractivity contribution >= 4 is 5.91 Å². The van der Waals surface area contributed by atoms with Gasteiger partial charge in [0, 0.05) is 31.7 Å². The van der Waals surface area contributed by atoms with Crippen molar-refractivity contribution in [2.24, 2.45) is 5.92 Å². The number of amides is 1. The Morgan fingerprint density at radius 3 is 2.86 bits per heavy atom. The number of ether oxygens (including phenoxy) is 2. The van der Waals surface area contributed by atoms with Crippen molar-refractivity contribution in [2.45, 2.75) is 89.6 Å². The number of rotatable bonds is 10. The second-order valence-corrected chi connectivity index (χ2v) is 8.21. The minimum absolute atomic E-state index is 0.0184. The molecule has 1 amide bonds. The Balaban J connectivity index is 1.49. The van der Waals surface area contributed by atoms with Crippen LogP contribution in [-0.2, 0) is 27.4 Å². The van der Waals surface area contributed by atoms with E-state index < -0.39 is 0 Å². The number of hydrogen-bond acceptors (Lipinski definition) is 5. The van der Waals surface area contributed by atoms with Crippen LogP contribution in [0.25, 0.3) is 0 Å². The summed E-state index contributed by atoms with van der Waals surface area (Å²) in [7, 11) is 1.64. The quantitative estimate of drug-likeness (QED) is 0.570. The maximum atomic E-state index is 12.7. The highest BCUT2D eigenvalue weighted by Gasteiger charge is 2.35. The summed E-state index contributed by atoms with van der Waals surface area (Å²) in [6.07, 6.45) is 9.06. The molecule has 2 aliphatic carbocycles. The molecule has 2 aliphatic rings. The number of nitrogens with zero attached hydrogens (tertiary/aromatic N) is 1. The van der Waals surface area contributed by atoms with Crippen LogP contribution in [0.1, 0.15) is 69.7 Å². The number of aromatic nitrogens is 2. The summed E-state index contributed by atoms with van der Waals surface area (Å²) in [6, 6.07) is 2.94. The van der Waals surface area contributed by atoms with Crippen LogP contribution in [0.3, 0.4) is 0 Å². The molecular formula is C21H36N4O3. The molecule has 3 unspecified atom stereocenters. The number of H-pyrrole nitrogens is 1. The van der Waals surface area contributed by atoms with E-state index in [0.717, 1.165) is 43.7 Å². The lowest BCUT2D eigenvalue weighted by Gasteiger charge is -2.37. The molecule has 3 atom stereocenters. The molecule has 0 bridgehead atoms. The van der Waals surface area contributed by atoms with Gasteiger partial charge in [-0.3, -0.25) is 9.89 Å². The third kappa shape index (κ3) is 6.03. The fraction of sp³-hybridized carbons (Fsp3) is 0.810. The average molecular weight is 393 g/mol. The number of carbonyl (C=O) groups is 1. The molecule has 2 fully saturated rings. The lowest BCUT2D eigenvalue weighted by molar-refractivity contribution is -0.128. The van der Waals surface area contributed by atoms with E-state index in [-0.39, 0.29) is 17.9 Å². The van der Waals surface area contributed by atoms with Crippen molar-refractivity contribution in [1.82, 2.24) is 20.8 Å². The molecule has 3 rings (SSSR count). The fourth-order valence-electron chi connectivity index (χ4n) is 4.45. The second-order valence-electron chi connectivity index (χ2n) is 8.21. The predicted molar refractivity (Wildman–Crippen MR) is 108 cm³/mol. The lowest BCUT2D eigenvalue weighted by atomic mass is 9.82. The zero-order valence-corrected chi connectivity index (χ0v) is 17.3. The summed E-state index contributed by atoms with van der Waals surface area (Å²) in [5.41, 5.74) is 1.74. The van der Waals surface area contributed by atoms with E-state index in [1.165, 1.54) is 25.7 Å². The zero-order valence-electron chi connectivity index (χ0n) is 17.3. The van der Waals surface area contributed by atoms with E-state index in [9.17, 15) is 4.79 Å². The average Bonchev–Trinajstić information content (AvgIpc) is 3.37. The first-order valence-electron chi connectivity index (χ1n) is 10.9. The largest absolute Gasteiger partial charge is 0.378 e. The van der Waals surface area contributed by atoms with Crippen molar-refractivity contribution in [3.63, 3.8) is 0 Å². The van der Waals surface area contributed by atoms with Gasteiger partial charge in [0.2, 0.25) is 5.91 Å². The molecule has 7 nitrogen and oxygen atoms in total. The number of carbonyl (C=O) groups excluding carboxylic acids is 1. The Bertz CT molecular complexity index is 600. The third-order valence-electron chi connectivity index (χ3n) is 5.93. The van der Waals surface area contributed by atoms with E-state index in [1.807, 2.05) is 6.07 Å². The van der Waals surface area contributed by atoms with E-state index >= 15 is 0 Å². The van der Waals surface area contributed by atoms with Gasteiger partial charge in [0.05, 0.1) is 30.6 Å². The molecule has 1 aromatic heterocycles. The van der Waals surface area contributed by atoms with E-state index in [1.54, 1.807) is 7.11 Å². The molecule has 2 saturated carbocycles. The minimum atomic E-state index is 0.0184. The van der Waals surface area contributed by atoms with Crippen molar-refractivity contribution in [1.29, 1.82) is 0 Å². The Morgan fingerprint density at radius 1 is 1.29 bits per heavy atom. The number of methoxy groups -OCH3 is 1. The molecule has 0 aromatic carbocycles.